The molecular weight excluding hydrogens is 292 g/mol. The molecule has 1 aromatic carbocycles. The average Bonchev–Trinajstić information content (AvgIpc) is 2.46. The van der Waals surface area contributed by atoms with Crippen LogP contribution >= 0.6 is 11.8 Å². The van der Waals surface area contributed by atoms with Gasteiger partial charge in [-0.1, -0.05) is 6.07 Å². The zero-order valence-corrected chi connectivity index (χ0v) is 13.6. The fourth-order valence-electron chi connectivity index (χ4n) is 1.79. The van der Waals surface area contributed by atoms with Crippen LogP contribution in [0.2, 0.25) is 0 Å². The molecule has 1 aromatic rings. The van der Waals surface area contributed by atoms with Crippen LogP contribution in [0, 0.1) is 11.6 Å². The van der Waals surface area contributed by atoms with Crippen LogP contribution in [0.15, 0.2) is 23.2 Å². The number of nitrogens with zero attached hydrogens (tertiary/aromatic N) is 1. The lowest BCUT2D eigenvalue weighted by atomic mass is 10.1. The highest BCUT2D eigenvalue weighted by Gasteiger charge is 2.10. The van der Waals surface area contributed by atoms with Crippen molar-refractivity contribution in [2.24, 2.45) is 4.99 Å². The first-order valence-corrected chi connectivity index (χ1v) is 8.46. The predicted octanol–water partition coefficient (Wildman–Crippen LogP) is 3.33. The van der Waals surface area contributed by atoms with Crippen molar-refractivity contribution in [3.05, 3.63) is 35.4 Å². The maximum absolute atomic E-state index is 13.3. The molecule has 0 amide bonds. The monoisotopic (exact) mass is 315 g/mol. The van der Waals surface area contributed by atoms with Crippen molar-refractivity contribution in [1.29, 1.82) is 0 Å². The number of thioether (sulfide) groups is 1. The summed E-state index contributed by atoms with van der Waals surface area (Å²) in [5.74, 6) is 0.101. The normalized spacial score (nSPS) is 13.1. The molecule has 0 saturated carbocycles. The van der Waals surface area contributed by atoms with E-state index in [4.69, 9.17) is 0 Å². The van der Waals surface area contributed by atoms with Gasteiger partial charge >= 0.3 is 0 Å². The van der Waals surface area contributed by atoms with Crippen molar-refractivity contribution in [2.75, 3.05) is 25.1 Å². The molecule has 1 rings (SSSR count). The lowest BCUT2D eigenvalue weighted by molar-refractivity contribution is 0.504. The van der Waals surface area contributed by atoms with Crippen LogP contribution < -0.4 is 10.6 Å². The van der Waals surface area contributed by atoms with Gasteiger partial charge in [0.15, 0.2) is 17.6 Å². The van der Waals surface area contributed by atoms with Crippen LogP contribution in [0.4, 0.5) is 8.78 Å². The number of rotatable bonds is 7. The van der Waals surface area contributed by atoms with E-state index in [0.29, 0.717) is 11.5 Å². The lowest BCUT2D eigenvalue weighted by Crippen LogP contribution is -2.38. The van der Waals surface area contributed by atoms with Gasteiger partial charge in [-0.25, -0.2) is 8.78 Å². The van der Waals surface area contributed by atoms with Gasteiger partial charge in [0.1, 0.15) is 0 Å². The van der Waals surface area contributed by atoms with E-state index < -0.39 is 11.6 Å². The Morgan fingerprint density at radius 2 is 2.10 bits per heavy atom. The molecule has 1 unspecified atom stereocenters. The van der Waals surface area contributed by atoms with E-state index in [1.807, 2.05) is 13.8 Å². The van der Waals surface area contributed by atoms with Gasteiger partial charge in [0.05, 0.1) is 6.04 Å². The summed E-state index contributed by atoms with van der Waals surface area (Å²) in [7, 11) is 0. The molecule has 2 N–H and O–H groups in total. The van der Waals surface area contributed by atoms with E-state index in [1.165, 1.54) is 6.07 Å². The molecule has 0 aromatic heterocycles. The van der Waals surface area contributed by atoms with Crippen LogP contribution in [0.25, 0.3) is 0 Å². The third-order valence-electron chi connectivity index (χ3n) is 2.92. The number of hydrogen-bond acceptors (Lipinski definition) is 2. The molecule has 0 fully saturated rings. The Morgan fingerprint density at radius 3 is 2.71 bits per heavy atom. The largest absolute Gasteiger partial charge is 0.357 e. The first-order chi connectivity index (χ1) is 10.1. The van der Waals surface area contributed by atoms with Crippen molar-refractivity contribution in [2.45, 2.75) is 26.3 Å². The van der Waals surface area contributed by atoms with Crippen molar-refractivity contribution >= 4 is 17.7 Å². The molecule has 0 saturated heterocycles. The van der Waals surface area contributed by atoms with E-state index in [-0.39, 0.29) is 6.04 Å². The van der Waals surface area contributed by atoms with Crippen molar-refractivity contribution < 1.29 is 8.78 Å². The second-order valence-electron chi connectivity index (χ2n) is 4.65. The summed E-state index contributed by atoms with van der Waals surface area (Å²) in [6, 6.07) is 3.78. The van der Waals surface area contributed by atoms with E-state index in [1.54, 1.807) is 17.8 Å². The van der Waals surface area contributed by atoms with Gasteiger partial charge in [0, 0.05) is 13.1 Å². The van der Waals surface area contributed by atoms with E-state index in [9.17, 15) is 8.78 Å². The van der Waals surface area contributed by atoms with Gasteiger partial charge < -0.3 is 10.6 Å². The minimum Gasteiger partial charge on any atom is -0.357 e. The average molecular weight is 315 g/mol. The third kappa shape index (κ3) is 6.33. The fourth-order valence-corrected chi connectivity index (χ4v) is 2.21. The van der Waals surface area contributed by atoms with E-state index >= 15 is 0 Å². The van der Waals surface area contributed by atoms with E-state index in [2.05, 4.69) is 21.9 Å². The Bertz CT molecular complexity index is 466. The molecular formula is C15H23F2N3S. The molecule has 6 heteroatoms. The summed E-state index contributed by atoms with van der Waals surface area (Å²) < 4.78 is 26.2. The number of nitrogens with one attached hydrogen (secondary N) is 2. The number of halogens is 2. The van der Waals surface area contributed by atoms with Gasteiger partial charge in [-0.05, 0) is 50.0 Å². The topological polar surface area (TPSA) is 36.4 Å². The van der Waals surface area contributed by atoms with Gasteiger partial charge in [0.2, 0.25) is 0 Å². The van der Waals surface area contributed by atoms with Crippen LogP contribution in [0.3, 0.4) is 0 Å². The fraction of sp³-hybridized carbons (Fsp3) is 0.533. The third-order valence-corrected chi connectivity index (χ3v) is 3.61. The molecule has 3 nitrogen and oxygen atoms in total. The second kappa shape index (κ2) is 9.60. The number of guanidine groups is 1. The van der Waals surface area contributed by atoms with Crippen molar-refractivity contribution in [3.63, 3.8) is 0 Å². The van der Waals surface area contributed by atoms with Crippen LogP contribution in [0.1, 0.15) is 31.9 Å². The summed E-state index contributed by atoms with van der Waals surface area (Å²) in [4.78, 5) is 4.47. The molecule has 0 heterocycles. The van der Waals surface area contributed by atoms with Gasteiger partial charge in [-0.15, -0.1) is 0 Å². The molecule has 0 spiro atoms. The Hall–Kier alpha value is -1.30. The maximum atomic E-state index is 13.3. The summed E-state index contributed by atoms with van der Waals surface area (Å²) in [6.07, 6.45) is 3.08. The van der Waals surface area contributed by atoms with Gasteiger partial charge in [-0.3, -0.25) is 4.99 Å². The summed E-state index contributed by atoms with van der Waals surface area (Å²) in [5, 5.41) is 6.35. The van der Waals surface area contributed by atoms with Crippen LogP contribution in [0.5, 0.6) is 0 Å². The predicted molar refractivity (Wildman–Crippen MR) is 86.9 cm³/mol. The summed E-state index contributed by atoms with van der Waals surface area (Å²) in [6.45, 7) is 5.36. The van der Waals surface area contributed by atoms with Crippen LogP contribution in [-0.2, 0) is 0 Å². The zero-order valence-electron chi connectivity index (χ0n) is 12.7. The Kier molecular flexibility index (Phi) is 8.12. The highest BCUT2D eigenvalue weighted by Crippen LogP contribution is 2.15. The quantitative estimate of drug-likeness (QED) is 0.460. The molecule has 0 aliphatic carbocycles. The van der Waals surface area contributed by atoms with Gasteiger partial charge in [0.25, 0.3) is 0 Å². The van der Waals surface area contributed by atoms with Crippen LogP contribution in [-0.4, -0.2) is 31.1 Å². The number of hydrogen-bond donors (Lipinski definition) is 2. The minimum absolute atomic E-state index is 0.154. The smallest absolute Gasteiger partial charge is 0.191 e. The Balaban J connectivity index is 2.66. The highest BCUT2D eigenvalue weighted by atomic mass is 32.2. The summed E-state index contributed by atoms with van der Waals surface area (Å²) in [5.41, 5.74) is 0.684. The Labute approximate surface area is 129 Å². The number of aliphatic imine (C=N–C) groups is 1. The van der Waals surface area contributed by atoms with Gasteiger partial charge in [-0.2, -0.15) is 11.8 Å². The van der Waals surface area contributed by atoms with Crippen molar-refractivity contribution in [1.82, 2.24) is 10.6 Å². The molecule has 21 heavy (non-hydrogen) atoms. The molecule has 0 bridgehead atoms. The van der Waals surface area contributed by atoms with E-state index in [0.717, 1.165) is 31.3 Å². The highest BCUT2D eigenvalue weighted by molar-refractivity contribution is 7.98. The molecule has 0 aliphatic heterocycles. The number of benzene rings is 1. The maximum Gasteiger partial charge on any atom is 0.191 e. The summed E-state index contributed by atoms with van der Waals surface area (Å²) >= 11 is 1.79. The minimum atomic E-state index is -0.830. The SMILES string of the molecule is CCNC(=NCCCSC)NC(C)c1ccc(F)c(F)c1. The molecule has 0 aliphatic rings. The first-order valence-electron chi connectivity index (χ1n) is 7.07. The molecule has 118 valence electrons. The molecule has 0 radical (unpaired) electrons. The molecule has 1 atom stereocenters. The zero-order chi connectivity index (χ0) is 15.7. The van der Waals surface area contributed by atoms with Crippen molar-refractivity contribution in [3.8, 4) is 0 Å². The first kappa shape index (κ1) is 17.8. The Morgan fingerprint density at radius 1 is 1.33 bits per heavy atom. The standard InChI is InChI=1S/C15H23F2N3S/c1-4-18-15(19-8-5-9-21-3)20-11(2)12-6-7-13(16)14(17)10-12/h6-7,10-11H,4-5,8-9H2,1-3H3,(H2,18,19,20). The second-order valence-corrected chi connectivity index (χ2v) is 5.63. The lowest BCUT2D eigenvalue weighted by Gasteiger charge is -2.18.